The number of allylic oxidation sites excluding steroid dienone is 1. The Morgan fingerprint density at radius 3 is 2.72 bits per heavy atom. The second-order valence-corrected chi connectivity index (χ2v) is 7.66. The number of hydrogen-bond donors (Lipinski definition) is 1. The molecule has 1 unspecified atom stereocenters. The van der Waals surface area contributed by atoms with E-state index in [1.807, 2.05) is 36.6 Å². The number of thioether (sulfide) groups is 1. The Bertz CT molecular complexity index is 1060. The number of carbonyl (C=O) groups is 1. The smallest absolute Gasteiger partial charge is 0.234 e. The third-order valence-corrected chi connectivity index (χ3v) is 5.31. The summed E-state index contributed by atoms with van der Waals surface area (Å²) in [5, 5.41) is 11.9. The lowest BCUT2D eigenvalue weighted by Crippen LogP contribution is -2.16. The normalized spacial score (nSPS) is 11.6. The first-order valence-corrected chi connectivity index (χ1v) is 11.1. The van der Waals surface area contributed by atoms with Crippen LogP contribution in [0, 0.1) is 5.82 Å². The lowest BCUT2D eigenvalue weighted by Gasteiger charge is -2.15. The molecule has 0 saturated carbocycles. The molecule has 0 aliphatic heterocycles. The van der Waals surface area contributed by atoms with Crippen molar-refractivity contribution < 1.29 is 18.7 Å². The van der Waals surface area contributed by atoms with Crippen molar-refractivity contribution in [2.24, 2.45) is 0 Å². The Morgan fingerprint density at radius 1 is 1.25 bits per heavy atom. The van der Waals surface area contributed by atoms with E-state index in [2.05, 4.69) is 22.1 Å². The Morgan fingerprint density at radius 2 is 2.00 bits per heavy atom. The molecule has 0 spiro atoms. The molecule has 0 fully saturated rings. The fraction of sp³-hybridized carbons (Fsp3) is 0.261. The van der Waals surface area contributed by atoms with Gasteiger partial charge in [0.15, 0.2) is 17.1 Å². The van der Waals surface area contributed by atoms with Crippen LogP contribution in [0.4, 0.5) is 10.1 Å². The van der Waals surface area contributed by atoms with Gasteiger partial charge in [0.25, 0.3) is 0 Å². The molecule has 1 atom stereocenters. The Labute approximate surface area is 190 Å². The van der Waals surface area contributed by atoms with Gasteiger partial charge in [0, 0.05) is 6.54 Å². The van der Waals surface area contributed by atoms with Gasteiger partial charge in [0.1, 0.15) is 17.3 Å². The van der Waals surface area contributed by atoms with E-state index < -0.39 is 6.10 Å². The van der Waals surface area contributed by atoms with Gasteiger partial charge in [-0.3, -0.25) is 9.36 Å². The first-order valence-electron chi connectivity index (χ1n) is 10.1. The van der Waals surface area contributed by atoms with E-state index in [1.165, 1.54) is 23.9 Å². The van der Waals surface area contributed by atoms with Crippen LogP contribution in [-0.2, 0) is 11.3 Å². The van der Waals surface area contributed by atoms with Crippen LogP contribution < -0.4 is 14.8 Å². The van der Waals surface area contributed by atoms with Gasteiger partial charge in [-0.15, -0.1) is 16.8 Å². The lowest BCUT2D eigenvalue weighted by atomic mass is 10.3. The summed E-state index contributed by atoms with van der Waals surface area (Å²) in [7, 11) is 0. The minimum Gasteiger partial charge on any atom is -0.492 e. The van der Waals surface area contributed by atoms with Crippen molar-refractivity contribution in [3.63, 3.8) is 0 Å². The molecular formula is C23H25FN4O3S. The van der Waals surface area contributed by atoms with Crippen LogP contribution in [0.3, 0.4) is 0 Å². The maximum Gasteiger partial charge on any atom is 0.234 e. The van der Waals surface area contributed by atoms with Crippen LogP contribution >= 0.6 is 11.8 Å². The average molecular weight is 457 g/mol. The molecule has 1 N–H and O–H groups in total. The average Bonchev–Trinajstić information content (AvgIpc) is 3.18. The van der Waals surface area contributed by atoms with Gasteiger partial charge in [-0.05, 0) is 50.2 Å². The number of anilines is 1. The molecule has 1 amide bonds. The largest absolute Gasteiger partial charge is 0.492 e. The molecule has 0 radical (unpaired) electrons. The predicted molar refractivity (Wildman–Crippen MR) is 123 cm³/mol. The zero-order valence-corrected chi connectivity index (χ0v) is 18.8. The molecular weight excluding hydrogens is 431 g/mol. The molecule has 0 bridgehead atoms. The Hall–Kier alpha value is -3.33. The molecule has 32 heavy (non-hydrogen) atoms. The quantitative estimate of drug-likeness (QED) is 0.328. The summed E-state index contributed by atoms with van der Waals surface area (Å²) in [6, 6.07) is 13.1. The number of ether oxygens (including phenoxy) is 2. The molecule has 0 aliphatic rings. The number of rotatable bonds is 11. The molecule has 3 aromatic rings. The van der Waals surface area contributed by atoms with E-state index in [-0.39, 0.29) is 17.5 Å². The fourth-order valence-corrected chi connectivity index (χ4v) is 3.70. The molecule has 2 aromatic carbocycles. The fourth-order valence-electron chi connectivity index (χ4n) is 2.95. The molecule has 0 aliphatic carbocycles. The SMILES string of the molecule is C=CCn1c(SCC(=O)Nc2ccccc2OCC)nnc1C(C)Oc1ccc(F)cc1. The third kappa shape index (κ3) is 6.10. The summed E-state index contributed by atoms with van der Waals surface area (Å²) >= 11 is 1.26. The van der Waals surface area contributed by atoms with Gasteiger partial charge in [-0.2, -0.15) is 0 Å². The third-order valence-electron chi connectivity index (χ3n) is 4.34. The molecule has 7 nitrogen and oxygen atoms in total. The van der Waals surface area contributed by atoms with Crippen LogP contribution in [0.5, 0.6) is 11.5 Å². The standard InChI is InChI=1S/C23H25FN4O3S/c1-4-14-28-22(16(3)31-18-12-10-17(24)11-13-18)26-27-23(28)32-15-21(29)25-19-8-6-7-9-20(19)30-5-2/h4,6-13,16H,1,5,14-15H2,2-3H3,(H,25,29). The van der Waals surface area contributed by atoms with Gasteiger partial charge < -0.3 is 14.8 Å². The van der Waals surface area contributed by atoms with E-state index in [0.29, 0.717) is 41.3 Å². The van der Waals surface area contributed by atoms with E-state index in [1.54, 1.807) is 24.3 Å². The van der Waals surface area contributed by atoms with Gasteiger partial charge in [-0.1, -0.05) is 30.0 Å². The number of amides is 1. The summed E-state index contributed by atoms with van der Waals surface area (Å²) < 4.78 is 26.4. The Balaban J connectivity index is 1.66. The zero-order chi connectivity index (χ0) is 22.9. The maximum atomic E-state index is 13.1. The number of aromatic nitrogens is 3. The molecule has 1 heterocycles. The maximum absolute atomic E-state index is 13.1. The minimum atomic E-state index is -0.436. The zero-order valence-electron chi connectivity index (χ0n) is 18.0. The molecule has 1 aromatic heterocycles. The number of nitrogens with zero attached hydrogens (tertiary/aromatic N) is 3. The summed E-state index contributed by atoms with van der Waals surface area (Å²) in [5.41, 5.74) is 0.620. The second-order valence-electron chi connectivity index (χ2n) is 6.72. The van der Waals surface area contributed by atoms with Crippen LogP contribution in [0.1, 0.15) is 25.8 Å². The first-order chi connectivity index (χ1) is 15.5. The number of halogens is 1. The van der Waals surface area contributed by atoms with E-state index in [4.69, 9.17) is 9.47 Å². The number of benzene rings is 2. The van der Waals surface area contributed by atoms with Gasteiger partial charge in [-0.25, -0.2) is 4.39 Å². The highest BCUT2D eigenvalue weighted by Gasteiger charge is 2.20. The number of carbonyl (C=O) groups excluding carboxylic acids is 1. The van der Waals surface area contributed by atoms with Gasteiger partial charge in [0.05, 0.1) is 18.0 Å². The van der Waals surface area contributed by atoms with Crippen molar-refractivity contribution in [2.75, 3.05) is 17.7 Å². The minimum absolute atomic E-state index is 0.142. The van der Waals surface area contributed by atoms with Crippen LogP contribution in [0.25, 0.3) is 0 Å². The van der Waals surface area contributed by atoms with Crippen molar-refractivity contribution >= 4 is 23.4 Å². The van der Waals surface area contributed by atoms with Crippen LogP contribution in [-0.4, -0.2) is 33.0 Å². The van der Waals surface area contributed by atoms with E-state index in [9.17, 15) is 9.18 Å². The van der Waals surface area contributed by atoms with Gasteiger partial charge in [0.2, 0.25) is 5.91 Å². The van der Waals surface area contributed by atoms with E-state index in [0.717, 1.165) is 0 Å². The van der Waals surface area contributed by atoms with Crippen molar-refractivity contribution in [3.8, 4) is 11.5 Å². The monoisotopic (exact) mass is 456 g/mol. The first kappa shape index (κ1) is 23.3. The van der Waals surface area contributed by atoms with Gasteiger partial charge >= 0.3 is 0 Å². The van der Waals surface area contributed by atoms with E-state index >= 15 is 0 Å². The van der Waals surface area contributed by atoms with Crippen molar-refractivity contribution in [1.29, 1.82) is 0 Å². The van der Waals surface area contributed by atoms with Crippen molar-refractivity contribution in [3.05, 3.63) is 72.8 Å². The van der Waals surface area contributed by atoms with Crippen molar-refractivity contribution in [2.45, 2.75) is 31.7 Å². The highest BCUT2D eigenvalue weighted by atomic mass is 32.2. The molecule has 9 heteroatoms. The lowest BCUT2D eigenvalue weighted by molar-refractivity contribution is -0.113. The summed E-state index contributed by atoms with van der Waals surface area (Å²) in [5.74, 6) is 1.35. The second kappa shape index (κ2) is 11.3. The molecule has 168 valence electrons. The number of hydrogen-bond acceptors (Lipinski definition) is 6. The number of nitrogens with one attached hydrogen (secondary N) is 1. The summed E-state index contributed by atoms with van der Waals surface area (Å²) in [4.78, 5) is 12.5. The highest BCUT2D eigenvalue weighted by molar-refractivity contribution is 7.99. The Kier molecular flexibility index (Phi) is 8.27. The summed E-state index contributed by atoms with van der Waals surface area (Å²) in [6.07, 6.45) is 1.29. The summed E-state index contributed by atoms with van der Waals surface area (Å²) in [6.45, 7) is 8.47. The van der Waals surface area contributed by atoms with Crippen LogP contribution in [0.15, 0.2) is 66.3 Å². The molecule has 3 rings (SSSR count). The van der Waals surface area contributed by atoms with Crippen molar-refractivity contribution in [1.82, 2.24) is 14.8 Å². The molecule has 0 saturated heterocycles. The highest BCUT2D eigenvalue weighted by Crippen LogP contribution is 2.26. The topological polar surface area (TPSA) is 78.3 Å². The predicted octanol–water partition coefficient (Wildman–Crippen LogP) is 4.87. The van der Waals surface area contributed by atoms with Crippen LogP contribution in [0.2, 0.25) is 0 Å². The number of para-hydroxylation sites is 2.